The van der Waals surface area contributed by atoms with Crippen molar-refractivity contribution in [2.45, 2.75) is 43.2 Å². The number of benzene rings is 4. The maximum atomic E-state index is 8.07. The zero-order valence-electron chi connectivity index (χ0n) is 20.2. The molecule has 5 heteroatoms. The summed E-state index contributed by atoms with van der Waals surface area (Å²) in [6.45, 7) is 0. The van der Waals surface area contributed by atoms with E-state index < -0.39 is 12.1 Å². The normalized spacial score (nSPS) is 16.2. The second-order valence-electron chi connectivity index (χ2n) is 9.62. The van der Waals surface area contributed by atoms with Crippen molar-refractivity contribution in [1.29, 1.82) is 0 Å². The van der Waals surface area contributed by atoms with E-state index in [-0.39, 0.29) is 19.5 Å². The van der Waals surface area contributed by atoms with Gasteiger partial charge in [0.05, 0.1) is 0 Å². The van der Waals surface area contributed by atoms with Crippen molar-refractivity contribution in [3.8, 4) is 0 Å². The number of hydrogen-bond acceptors (Lipinski definition) is 0. The van der Waals surface area contributed by atoms with Gasteiger partial charge in [-0.3, -0.25) is 0 Å². The maximum absolute atomic E-state index is 8.07. The molecule has 2 unspecified atom stereocenters. The van der Waals surface area contributed by atoms with E-state index in [4.69, 9.17) is 11.5 Å². The van der Waals surface area contributed by atoms with Gasteiger partial charge in [-0.2, -0.15) is 0 Å². The fraction of sp³-hybridized carbons (Fsp3) is 0.226. The molecule has 0 radical (unpaired) electrons. The Morgan fingerprint density at radius 2 is 0.944 bits per heavy atom. The minimum atomic E-state index is -0.524. The van der Waals surface area contributed by atoms with E-state index in [1.54, 1.807) is 22.3 Å². The predicted molar refractivity (Wildman–Crippen MR) is 156 cm³/mol. The first kappa shape index (κ1) is 27.3. The summed E-state index contributed by atoms with van der Waals surface area (Å²) >= 11 is 0. The summed E-state index contributed by atoms with van der Waals surface area (Å²) in [5.41, 5.74) is 24.6. The van der Waals surface area contributed by atoms with Crippen LogP contribution in [0.25, 0.3) is 11.5 Å². The summed E-state index contributed by atoms with van der Waals surface area (Å²) in [6, 6.07) is 31.6. The average Bonchev–Trinajstić information content (AvgIpc) is 3.47. The Kier molecular flexibility index (Phi) is 8.93. The Morgan fingerprint density at radius 3 is 1.33 bits per heavy atom. The molecule has 0 aromatic heterocycles. The Labute approximate surface area is 232 Å². The van der Waals surface area contributed by atoms with Gasteiger partial charge in [-0.05, 0) is 58.5 Å². The van der Waals surface area contributed by atoms with Crippen LogP contribution >= 0.6 is 18.5 Å². The van der Waals surface area contributed by atoms with Gasteiger partial charge in [-0.1, -0.05) is 108 Å². The third-order valence-corrected chi connectivity index (χ3v) is 8.58. The monoisotopic (exact) mass is 596 g/mol. The van der Waals surface area contributed by atoms with Crippen molar-refractivity contribution < 1.29 is 19.5 Å². The second-order valence-corrected chi connectivity index (χ2v) is 10.9. The van der Waals surface area contributed by atoms with Crippen molar-refractivity contribution in [3.63, 3.8) is 0 Å². The molecule has 4 aromatic carbocycles. The van der Waals surface area contributed by atoms with Crippen LogP contribution in [0.5, 0.6) is 0 Å². The maximum Gasteiger partial charge on any atom is 2.00 e. The summed E-state index contributed by atoms with van der Waals surface area (Å²) in [7, 11) is 5.92. The third kappa shape index (κ3) is 5.16. The van der Waals surface area contributed by atoms with Crippen LogP contribution in [0.15, 0.2) is 97.1 Å². The van der Waals surface area contributed by atoms with Crippen LogP contribution in [-0.2, 0) is 37.7 Å². The SMILES string of the molecule is Pc1cccc2c1C1(CC2)CCc2cccc(P)c21.[NH-][C@H](c1ccccc1)[C@H]([NH-])c1ccccc1.[Ru+2]. The summed E-state index contributed by atoms with van der Waals surface area (Å²) in [4.78, 5) is 0. The molecule has 4 aromatic rings. The van der Waals surface area contributed by atoms with Crippen molar-refractivity contribution in [2.75, 3.05) is 0 Å². The molecule has 0 saturated heterocycles. The van der Waals surface area contributed by atoms with E-state index in [2.05, 4.69) is 54.9 Å². The van der Waals surface area contributed by atoms with Crippen LogP contribution < -0.4 is 10.6 Å². The van der Waals surface area contributed by atoms with Crippen molar-refractivity contribution in [1.82, 2.24) is 0 Å². The Balaban J connectivity index is 0.000000167. The summed E-state index contributed by atoms with van der Waals surface area (Å²) < 4.78 is 0. The Hall–Kier alpha value is -1.72. The molecular weight excluding hydrogens is 563 g/mol. The van der Waals surface area contributed by atoms with Gasteiger partial charge >= 0.3 is 19.5 Å². The molecule has 36 heavy (non-hydrogen) atoms. The number of rotatable bonds is 3. The van der Waals surface area contributed by atoms with Gasteiger partial charge in [-0.15, -0.1) is 30.6 Å². The minimum absolute atomic E-state index is 0. The summed E-state index contributed by atoms with van der Waals surface area (Å²) in [5, 5.41) is 2.80. The van der Waals surface area contributed by atoms with E-state index in [9.17, 15) is 0 Å². The number of hydrogen-bond donors (Lipinski definition) is 0. The Bertz CT molecular complexity index is 1210. The van der Waals surface area contributed by atoms with Crippen LogP contribution in [-0.4, -0.2) is 0 Å². The Morgan fingerprint density at radius 1 is 0.556 bits per heavy atom. The average molecular weight is 596 g/mol. The van der Waals surface area contributed by atoms with E-state index in [1.165, 1.54) is 36.3 Å². The zero-order valence-corrected chi connectivity index (χ0v) is 24.3. The first-order valence-electron chi connectivity index (χ1n) is 12.3. The van der Waals surface area contributed by atoms with Gasteiger partial charge in [0.1, 0.15) is 0 Å². The second kappa shape index (κ2) is 11.8. The fourth-order valence-corrected chi connectivity index (χ4v) is 7.12. The van der Waals surface area contributed by atoms with E-state index >= 15 is 0 Å². The molecule has 0 amide bonds. The fourth-order valence-electron chi connectivity index (χ4n) is 5.98. The predicted octanol–water partition coefficient (Wildman–Crippen LogP) is 7.44. The van der Waals surface area contributed by atoms with Crippen LogP contribution in [0.4, 0.5) is 0 Å². The van der Waals surface area contributed by atoms with Crippen LogP contribution in [0.1, 0.15) is 58.3 Å². The van der Waals surface area contributed by atoms with Crippen molar-refractivity contribution >= 4 is 29.1 Å². The van der Waals surface area contributed by atoms with Gasteiger partial charge in [0.15, 0.2) is 0 Å². The topological polar surface area (TPSA) is 47.6 Å². The molecule has 0 heterocycles. The van der Waals surface area contributed by atoms with Gasteiger partial charge in [-0.25, -0.2) is 0 Å². The minimum Gasteiger partial charge on any atom is -0.672 e. The standard InChI is InChI=1S/C17H18P2.C14H14N2.Ru/c18-13-5-1-3-11-7-9-17(15(11)13)10-8-12-4-2-6-14(19)16(12)17;15-13(11-7-3-1-4-8-11)14(16)12-9-5-2-6-10-12;/h1-6H,7-10,18-19H2;1-10,13-16H;/q;-2;+2/t;13-,14-;/m.1./s1. The van der Waals surface area contributed by atoms with Crippen LogP contribution in [0.3, 0.4) is 0 Å². The van der Waals surface area contributed by atoms with Gasteiger partial charge in [0.25, 0.3) is 0 Å². The molecule has 2 N–H and O–H groups in total. The first-order chi connectivity index (χ1) is 17.0. The van der Waals surface area contributed by atoms with Gasteiger partial charge in [0.2, 0.25) is 0 Å². The number of nitrogens with one attached hydrogen (secondary N) is 2. The summed E-state index contributed by atoms with van der Waals surface area (Å²) in [6.07, 6.45) is 5.03. The van der Waals surface area contributed by atoms with E-state index in [1.807, 2.05) is 60.7 Å². The van der Waals surface area contributed by atoms with Crippen molar-refractivity contribution in [3.05, 3.63) is 142 Å². The molecule has 1 spiro atoms. The molecule has 6 rings (SSSR count). The summed E-state index contributed by atoms with van der Waals surface area (Å²) in [5.74, 6) is 0. The van der Waals surface area contributed by atoms with Crippen LogP contribution in [0, 0.1) is 0 Å². The van der Waals surface area contributed by atoms with Crippen LogP contribution in [0.2, 0.25) is 0 Å². The molecule has 2 aliphatic rings. The molecule has 0 fully saturated rings. The molecule has 184 valence electrons. The molecule has 0 aliphatic heterocycles. The quantitative estimate of drug-likeness (QED) is 0.175. The van der Waals surface area contributed by atoms with E-state index in [0.717, 1.165) is 11.1 Å². The number of fused-ring (bicyclic) bond motifs is 4. The zero-order chi connectivity index (χ0) is 24.4. The molecule has 0 saturated carbocycles. The molecule has 4 atom stereocenters. The van der Waals surface area contributed by atoms with Gasteiger partial charge < -0.3 is 11.5 Å². The van der Waals surface area contributed by atoms with E-state index in [0.29, 0.717) is 5.41 Å². The molecule has 2 aliphatic carbocycles. The first-order valence-corrected chi connectivity index (χ1v) is 13.4. The smallest absolute Gasteiger partial charge is 0.672 e. The third-order valence-electron chi connectivity index (χ3n) is 7.62. The molecular formula is C31H32N2P2Ru. The van der Waals surface area contributed by atoms with Crippen molar-refractivity contribution in [2.24, 2.45) is 0 Å². The molecule has 0 bridgehead atoms. The van der Waals surface area contributed by atoms with Gasteiger partial charge in [0, 0.05) is 5.41 Å². The molecule has 2 nitrogen and oxygen atoms in total. The number of aryl methyl sites for hydroxylation is 2. The largest absolute Gasteiger partial charge is 2.00 e.